The maximum atomic E-state index is 12.2. The lowest BCUT2D eigenvalue weighted by Crippen LogP contribution is -1.99. The number of nitrogens with two attached hydrogens (primary N) is 1. The number of thioether (sulfide) groups is 1. The number of hydrogen-bond donors (Lipinski definition) is 1. The Bertz CT molecular complexity index is 560. The zero-order valence-electron chi connectivity index (χ0n) is 10.3. The van der Waals surface area contributed by atoms with E-state index in [4.69, 9.17) is 5.73 Å². The molecule has 0 bridgehead atoms. The van der Waals surface area contributed by atoms with Crippen molar-refractivity contribution in [2.75, 3.05) is 5.73 Å². The number of anilines is 1. The van der Waals surface area contributed by atoms with E-state index in [1.165, 1.54) is 4.21 Å². The van der Waals surface area contributed by atoms with Gasteiger partial charge in [-0.1, -0.05) is 26.0 Å². The van der Waals surface area contributed by atoms with Gasteiger partial charge in [0.05, 0.1) is 9.09 Å². The molecule has 0 saturated carbocycles. The Morgan fingerprint density at radius 1 is 1.28 bits per heavy atom. The van der Waals surface area contributed by atoms with E-state index in [2.05, 4.69) is 13.8 Å². The van der Waals surface area contributed by atoms with Crippen molar-refractivity contribution >= 4 is 34.6 Å². The van der Waals surface area contributed by atoms with Gasteiger partial charge in [-0.15, -0.1) is 23.1 Å². The average Bonchev–Trinajstić information content (AvgIpc) is 2.75. The van der Waals surface area contributed by atoms with Crippen LogP contribution in [0.3, 0.4) is 0 Å². The van der Waals surface area contributed by atoms with Crippen LogP contribution in [0, 0.1) is 0 Å². The molecular formula is C14H15NOS2. The minimum absolute atomic E-state index is 0.0444. The topological polar surface area (TPSA) is 43.1 Å². The molecule has 0 radical (unpaired) electrons. The molecule has 0 aliphatic rings. The predicted octanol–water partition coefficient (Wildman–Crippen LogP) is 4.06. The van der Waals surface area contributed by atoms with Crippen LogP contribution in [0.25, 0.3) is 0 Å². The van der Waals surface area contributed by atoms with Crippen LogP contribution >= 0.6 is 23.1 Å². The fourth-order valence-corrected chi connectivity index (χ4v) is 3.91. The number of carbonyl (C=O) groups is 1. The SMILES string of the molecule is CC(C)Sc1ccc(C(=O)c2cccc(N)c2)s1. The van der Waals surface area contributed by atoms with E-state index in [0.717, 1.165) is 4.88 Å². The summed E-state index contributed by atoms with van der Waals surface area (Å²) in [6.07, 6.45) is 0. The molecule has 0 fully saturated rings. The van der Waals surface area contributed by atoms with E-state index in [-0.39, 0.29) is 5.78 Å². The van der Waals surface area contributed by atoms with Crippen molar-refractivity contribution in [3.63, 3.8) is 0 Å². The van der Waals surface area contributed by atoms with Crippen molar-refractivity contribution in [2.24, 2.45) is 0 Å². The Labute approximate surface area is 115 Å². The van der Waals surface area contributed by atoms with E-state index in [1.54, 1.807) is 47.4 Å². The average molecular weight is 277 g/mol. The molecule has 0 saturated heterocycles. The lowest BCUT2D eigenvalue weighted by molar-refractivity contribution is 0.104. The Kier molecular flexibility index (Phi) is 4.09. The highest BCUT2D eigenvalue weighted by Gasteiger charge is 2.12. The Morgan fingerprint density at radius 2 is 2.06 bits per heavy atom. The number of thiophene rings is 1. The summed E-state index contributed by atoms with van der Waals surface area (Å²) < 4.78 is 1.18. The maximum absolute atomic E-state index is 12.2. The molecule has 0 spiro atoms. The molecule has 1 heterocycles. The van der Waals surface area contributed by atoms with Gasteiger partial charge in [-0.2, -0.15) is 0 Å². The molecule has 94 valence electrons. The molecule has 0 aliphatic heterocycles. The van der Waals surface area contributed by atoms with Gasteiger partial charge in [0.1, 0.15) is 0 Å². The lowest BCUT2D eigenvalue weighted by Gasteiger charge is -2.00. The highest BCUT2D eigenvalue weighted by atomic mass is 32.2. The molecule has 2 rings (SSSR count). The zero-order valence-corrected chi connectivity index (χ0v) is 12.0. The Balaban J connectivity index is 2.21. The predicted molar refractivity (Wildman–Crippen MR) is 79.6 cm³/mol. The van der Waals surface area contributed by atoms with E-state index < -0.39 is 0 Å². The van der Waals surface area contributed by atoms with Gasteiger partial charge < -0.3 is 5.73 Å². The third-order valence-corrected chi connectivity index (χ3v) is 4.56. The zero-order chi connectivity index (χ0) is 13.1. The summed E-state index contributed by atoms with van der Waals surface area (Å²) in [5.74, 6) is 0.0444. The molecule has 4 heteroatoms. The number of rotatable bonds is 4. The molecule has 18 heavy (non-hydrogen) atoms. The van der Waals surface area contributed by atoms with Crippen molar-refractivity contribution in [3.8, 4) is 0 Å². The summed E-state index contributed by atoms with van der Waals surface area (Å²) in [6, 6.07) is 11.0. The first-order chi connectivity index (χ1) is 8.56. The number of nitrogen functional groups attached to an aromatic ring is 1. The third-order valence-electron chi connectivity index (χ3n) is 2.31. The van der Waals surface area contributed by atoms with Crippen LogP contribution < -0.4 is 5.73 Å². The first kappa shape index (κ1) is 13.2. The number of carbonyl (C=O) groups excluding carboxylic acids is 1. The van der Waals surface area contributed by atoms with E-state index in [0.29, 0.717) is 16.5 Å². The molecule has 0 unspecified atom stereocenters. The number of benzene rings is 1. The van der Waals surface area contributed by atoms with Crippen LogP contribution in [0.4, 0.5) is 5.69 Å². The first-order valence-electron chi connectivity index (χ1n) is 5.73. The minimum Gasteiger partial charge on any atom is -0.399 e. The summed E-state index contributed by atoms with van der Waals surface area (Å²) in [7, 11) is 0. The molecule has 2 nitrogen and oxygen atoms in total. The molecule has 0 atom stereocenters. The van der Waals surface area contributed by atoms with Gasteiger partial charge >= 0.3 is 0 Å². The molecule has 2 aromatic rings. The van der Waals surface area contributed by atoms with Crippen LogP contribution in [0.5, 0.6) is 0 Å². The summed E-state index contributed by atoms with van der Waals surface area (Å²) in [4.78, 5) is 13.0. The van der Waals surface area contributed by atoms with Gasteiger partial charge in [0.15, 0.2) is 0 Å². The first-order valence-corrected chi connectivity index (χ1v) is 7.42. The Hall–Kier alpha value is -1.26. The highest BCUT2D eigenvalue weighted by Crippen LogP contribution is 2.31. The van der Waals surface area contributed by atoms with Crippen LogP contribution in [0.1, 0.15) is 29.1 Å². The largest absolute Gasteiger partial charge is 0.399 e. The highest BCUT2D eigenvalue weighted by molar-refractivity contribution is 8.01. The summed E-state index contributed by atoms with van der Waals surface area (Å²) in [5.41, 5.74) is 6.96. The molecule has 1 aromatic carbocycles. The van der Waals surface area contributed by atoms with Crippen LogP contribution in [-0.4, -0.2) is 11.0 Å². The van der Waals surface area contributed by atoms with Crippen LogP contribution in [0.2, 0.25) is 0 Å². The van der Waals surface area contributed by atoms with Crippen molar-refractivity contribution in [3.05, 3.63) is 46.8 Å². The van der Waals surface area contributed by atoms with Gasteiger partial charge in [0.2, 0.25) is 5.78 Å². The number of ketones is 1. The number of hydrogen-bond acceptors (Lipinski definition) is 4. The fourth-order valence-electron chi connectivity index (χ4n) is 1.56. The monoisotopic (exact) mass is 277 g/mol. The van der Waals surface area contributed by atoms with Gasteiger partial charge in [0, 0.05) is 16.5 Å². The van der Waals surface area contributed by atoms with E-state index in [9.17, 15) is 4.79 Å². The van der Waals surface area contributed by atoms with Gasteiger partial charge in [-0.05, 0) is 24.3 Å². The van der Waals surface area contributed by atoms with Crippen molar-refractivity contribution in [2.45, 2.75) is 23.3 Å². The smallest absolute Gasteiger partial charge is 0.203 e. The minimum atomic E-state index is 0.0444. The molecule has 2 N–H and O–H groups in total. The van der Waals surface area contributed by atoms with E-state index in [1.807, 2.05) is 12.1 Å². The lowest BCUT2D eigenvalue weighted by atomic mass is 10.1. The van der Waals surface area contributed by atoms with Crippen LogP contribution in [-0.2, 0) is 0 Å². The van der Waals surface area contributed by atoms with Crippen molar-refractivity contribution in [1.29, 1.82) is 0 Å². The second-order valence-electron chi connectivity index (χ2n) is 4.24. The van der Waals surface area contributed by atoms with Gasteiger partial charge in [-0.3, -0.25) is 4.79 Å². The second kappa shape index (κ2) is 5.59. The molecular weight excluding hydrogens is 262 g/mol. The second-order valence-corrected chi connectivity index (χ2v) is 7.20. The quantitative estimate of drug-likeness (QED) is 0.520. The van der Waals surface area contributed by atoms with Gasteiger partial charge in [0.25, 0.3) is 0 Å². The standard InChI is InChI=1S/C14H15NOS2/c1-9(2)17-13-7-6-12(18-13)14(16)10-4-3-5-11(15)8-10/h3-9H,15H2,1-2H3. The van der Waals surface area contributed by atoms with Crippen LogP contribution in [0.15, 0.2) is 40.6 Å². The normalized spacial score (nSPS) is 10.8. The van der Waals surface area contributed by atoms with Gasteiger partial charge in [-0.25, -0.2) is 0 Å². The molecule has 0 amide bonds. The fraction of sp³-hybridized carbons (Fsp3) is 0.214. The van der Waals surface area contributed by atoms with Crippen molar-refractivity contribution < 1.29 is 4.79 Å². The molecule has 0 aliphatic carbocycles. The summed E-state index contributed by atoms with van der Waals surface area (Å²) in [5, 5.41) is 0.527. The summed E-state index contributed by atoms with van der Waals surface area (Å²) in [6.45, 7) is 4.29. The third kappa shape index (κ3) is 3.15. The molecule has 1 aromatic heterocycles. The summed E-state index contributed by atoms with van der Waals surface area (Å²) >= 11 is 3.32. The maximum Gasteiger partial charge on any atom is 0.203 e. The van der Waals surface area contributed by atoms with E-state index >= 15 is 0 Å². The Morgan fingerprint density at radius 3 is 2.72 bits per heavy atom. The van der Waals surface area contributed by atoms with Crippen molar-refractivity contribution in [1.82, 2.24) is 0 Å².